The molecule has 0 atom stereocenters. The molecule has 3 aromatic rings. The lowest BCUT2D eigenvalue weighted by Gasteiger charge is -2.17. The van der Waals surface area contributed by atoms with Crippen molar-refractivity contribution in [2.75, 3.05) is 26.3 Å². The molecule has 2 aromatic carbocycles. The number of benzene rings is 2. The van der Waals surface area contributed by atoms with Crippen LogP contribution in [0.15, 0.2) is 30.3 Å². The number of aryl methyl sites for hydroxylation is 2. The van der Waals surface area contributed by atoms with Crippen LogP contribution in [0.3, 0.4) is 0 Å². The molecule has 1 saturated heterocycles. The molecule has 1 amide bonds. The zero-order valence-corrected chi connectivity index (χ0v) is 19.3. The second-order valence-corrected chi connectivity index (χ2v) is 8.22. The molecule has 1 aliphatic rings. The molecule has 0 saturated carbocycles. The van der Waals surface area contributed by atoms with Gasteiger partial charge in [0, 0.05) is 13.1 Å². The van der Waals surface area contributed by atoms with Crippen molar-refractivity contribution in [3.8, 4) is 17.6 Å². The van der Waals surface area contributed by atoms with E-state index in [9.17, 15) is 10.1 Å². The normalized spacial score (nSPS) is 13.9. The molecule has 1 N–H and O–H groups in total. The van der Waals surface area contributed by atoms with Gasteiger partial charge in [0.2, 0.25) is 0 Å². The van der Waals surface area contributed by atoms with Crippen LogP contribution in [0.5, 0.6) is 11.5 Å². The van der Waals surface area contributed by atoms with Gasteiger partial charge in [0.05, 0.1) is 23.2 Å². The third kappa shape index (κ3) is 5.01. The van der Waals surface area contributed by atoms with Crippen LogP contribution in [0.1, 0.15) is 42.3 Å². The Labute approximate surface area is 193 Å². The summed E-state index contributed by atoms with van der Waals surface area (Å²) >= 11 is 0. The van der Waals surface area contributed by atoms with Gasteiger partial charge in [0.25, 0.3) is 5.91 Å². The molecule has 7 heteroatoms. The van der Waals surface area contributed by atoms with Gasteiger partial charge >= 0.3 is 0 Å². The van der Waals surface area contributed by atoms with Crippen LogP contribution in [-0.4, -0.2) is 47.1 Å². The van der Waals surface area contributed by atoms with Crippen LogP contribution in [-0.2, 0) is 4.79 Å². The number of rotatable bonds is 7. The summed E-state index contributed by atoms with van der Waals surface area (Å²) in [5.74, 6) is 1.55. The molecule has 2 heterocycles. The van der Waals surface area contributed by atoms with E-state index in [1.807, 2.05) is 49.9 Å². The van der Waals surface area contributed by atoms with Gasteiger partial charge in [-0.15, -0.1) is 0 Å². The molecule has 1 fully saturated rings. The highest BCUT2D eigenvalue weighted by molar-refractivity contribution is 5.90. The molecule has 33 heavy (non-hydrogen) atoms. The van der Waals surface area contributed by atoms with Crippen molar-refractivity contribution < 1.29 is 14.3 Å². The number of amides is 1. The first-order chi connectivity index (χ1) is 16.0. The minimum Gasteiger partial charge on any atom is -0.490 e. The molecule has 4 rings (SSSR count). The number of carbonyl (C=O) groups excluding carboxylic acids is 1. The zero-order valence-electron chi connectivity index (χ0n) is 19.3. The SMILES string of the molecule is CCOc1cc(/C=C(/C#N)c2nc3cc(C)c(C)cc3[nH]2)ccc1OCC(=O)N1CCCC1. The van der Waals surface area contributed by atoms with E-state index in [2.05, 4.69) is 16.0 Å². The zero-order chi connectivity index (χ0) is 23.4. The number of likely N-dealkylation sites (tertiary alicyclic amines) is 1. The Morgan fingerprint density at radius 2 is 1.91 bits per heavy atom. The van der Waals surface area contributed by atoms with Crippen LogP contribution < -0.4 is 9.47 Å². The van der Waals surface area contributed by atoms with E-state index in [-0.39, 0.29) is 12.5 Å². The van der Waals surface area contributed by atoms with Gasteiger partial charge in [-0.2, -0.15) is 5.26 Å². The van der Waals surface area contributed by atoms with E-state index in [1.165, 1.54) is 5.56 Å². The Kier molecular flexibility index (Phi) is 6.64. The molecule has 7 nitrogen and oxygen atoms in total. The maximum atomic E-state index is 12.3. The van der Waals surface area contributed by atoms with Crippen molar-refractivity contribution in [2.45, 2.75) is 33.6 Å². The molecule has 0 radical (unpaired) electrons. The van der Waals surface area contributed by atoms with Gasteiger partial charge in [-0.25, -0.2) is 4.98 Å². The van der Waals surface area contributed by atoms with Crippen LogP contribution in [0, 0.1) is 25.2 Å². The highest BCUT2D eigenvalue weighted by atomic mass is 16.5. The number of aromatic amines is 1. The number of aromatic nitrogens is 2. The van der Waals surface area contributed by atoms with E-state index in [0.29, 0.717) is 29.5 Å². The number of nitriles is 1. The first-order valence-corrected chi connectivity index (χ1v) is 11.2. The van der Waals surface area contributed by atoms with E-state index >= 15 is 0 Å². The highest BCUT2D eigenvalue weighted by Crippen LogP contribution is 2.30. The monoisotopic (exact) mass is 444 g/mol. The summed E-state index contributed by atoms with van der Waals surface area (Å²) < 4.78 is 11.5. The molecular weight excluding hydrogens is 416 g/mol. The Morgan fingerprint density at radius 1 is 1.15 bits per heavy atom. The van der Waals surface area contributed by atoms with Gasteiger partial charge < -0.3 is 19.4 Å². The molecule has 0 spiro atoms. The summed E-state index contributed by atoms with van der Waals surface area (Å²) in [6.07, 6.45) is 3.85. The summed E-state index contributed by atoms with van der Waals surface area (Å²) in [4.78, 5) is 22.0. The maximum absolute atomic E-state index is 12.3. The van der Waals surface area contributed by atoms with E-state index in [0.717, 1.165) is 48.1 Å². The number of hydrogen-bond acceptors (Lipinski definition) is 5. The van der Waals surface area contributed by atoms with Crippen molar-refractivity contribution in [2.24, 2.45) is 0 Å². The average molecular weight is 445 g/mol. The Hall–Kier alpha value is -3.79. The Morgan fingerprint density at radius 3 is 2.64 bits per heavy atom. The molecule has 0 unspecified atom stereocenters. The second-order valence-electron chi connectivity index (χ2n) is 8.22. The molecule has 0 bridgehead atoms. The van der Waals surface area contributed by atoms with Gasteiger partial charge in [0.15, 0.2) is 18.1 Å². The van der Waals surface area contributed by atoms with Crippen LogP contribution in [0.25, 0.3) is 22.7 Å². The summed E-state index contributed by atoms with van der Waals surface area (Å²) in [6, 6.07) is 11.7. The van der Waals surface area contributed by atoms with Crippen molar-refractivity contribution in [3.63, 3.8) is 0 Å². The minimum atomic E-state index is -0.0173. The fourth-order valence-corrected chi connectivity index (χ4v) is 3.92. The predicted molar refractivity (Wildman–Crippen MR) is 128 cm³/mol. The fraction of sp³-hybridized carbons (Fsp3) is 0.346. The first kappa shape index (κ1) is 22.4. The van der Waals surface area contributed by atoms with Crippen molar-refractivity contribution in [1.82, 2.24) is 14.9 Å². The van der Waals surface area contributed by atoms with Crippen LogP contribution in [0.4, 0.5) is 0 Å². The van der Waals surface area contributed by atoms with Gasteiger partial charge in [0.1, 0.15) is 11.9 Å². The fourth-order valence-electron chi connectivity index (χ4n) is 3.92. The van der Waals surface area contributed by atoms with E-state index in [1.54, 1.807) is 12.1 Å². The van der Waals surface area contributed by atoms with Crippen LogP contribution in [0.2, 0.25) is 0 Å². The lowest BCUT2D eigenvalue weighted by molar-refractivity contribution is -0.132. The lowest BCUT2D eigenvalue weighted by atomic mass is 10.1. The molecule has 1 aromatic heterocycles. The number of carbonyl (C=O) groups is 1. The number of hydrogen-bond donors (Lipinski definition) is 1. The van der Waals surface area contributed by atoms with Crippen molar-refractivity contribution in [3.05, 3.63) is 52.8 Å². The van der Waals surface area contributed by atoms with Crippen molar-refractivity contribution in [1.29, 1.82) is 5.26 Å². The predicted octanol–water partition coefficient (Wildman–Crippen LogP) is 4.64. The molecule has 170 valence electrons. The molecular formula is C26H28N4O3. The van der Waals surface area contributed by atoms with Crippen LogP contribution >= 0.6 is 0 Å². The second kappa shape index (κ2) is 9.78. The standard InChI is InChI=1S/C26H28N4O3/c1-4-32-24-14-19(7-8-23(24)33-16-25(31)30-9-5-6-10-30)13-20(15-27)26-28-21-11-17(2)18(3)12-22(21)29-26/h7-8,11-14H,4-6,9-10,16H2,1-3H3,(H,28,29)/b20-13-. The first-order valence-electron chi connectivity index (χ1n) is 11.2. The number of fused-ring (bicyclic) bond motifs is 1. The Balaban J connectivity index is 1.57. The number of nitrogens with zero attached hydrogens (tertiary/aromatic N) is 3. The van der Waals surface area contributed by atoms with Gasteiger partial charge in [-0.05, 0) is 80.6 Å². The quantitative estimate of drug-likeness (QED) is 0.536. The third-order valence-electron chi connectivity index (χ3n) is 5.86. The topological polar surface area (TPSA) is 91.2 Å². The number of allylic oxidation sites excluding steroid dienone is 1. The minimum absolute atomic E-state index is 0.0129. The number of H-pyrrole nitrogens is 1. The lowest BCUT2D eigenvalue weighted by Crippen LogP contribution is -2.32. The van der Waals surface area contributed by atoms with Gasteiger partial charge in [-0.3, -0.25) is 4.79 Å². The average Bonchev–Trinajstić information content (AvgIpc) is 3.47. The molecule has 1 aliphatic heterocycles. The summed E-state index contributed by atoms with van der Waals surface area (Å²) in [7, 11) is 0. The number of ether oxygens (including phenoxy) is 2. The third-order valence-corrected chi connectivity index (χ3v) is 5.86. The smallest absolute Gasteiger partial charge is 0.260 e. The Bertz CT molecular complexity index is 1210. The maximum Gasteiger partial charge on any atom is 0.260 e. The van der Waals surface area contributed by atoms with Gasteiger partial charge in [-0.1, -0.05) is 6.07 Å². The number of nitrogens with one attached hydrogen (secondary N) is 1. The summed E-state index contributed by atoms with van der Waals surface area (Å²) in [5.41, 5.74) is 5.25. The van der Waals surface area contributed by atoms with E-state index in [4.69, 9.17) is 9.47 Å². The van der Waals surface area contributed by atoms with E-state index < -0.39 is 0 Å². The van der Waals surface area contributed by atoms with Crippen molar-refractivity contribution >= 4 is 28.6 Å². The number of imidazole rings is 1. The largest absolute Gasteiger partial charge is 0.490 e. The molecule has 0 aliphatic carbocycles. The summed E-state index contributed by atoms with van der Waals surface area (Å²) in [5, 5.41) is 9.78. The summed E-state index contributed by atoms with van der Waals surface area (Å²) in [6.45, 7) is 8.01. The highest BCUT2D eigenvalue weighted by Gasteiger charge is 2.19.